The largest absolute Gasteiger partial charge is 0.296 e. The maximum atomic E-state index is 11.8. The van der Waals surface area contributed by atoms with Crippen LogP contribution in [0.3, 0.4) is 0 Å². The van der Waals surface area contributed by atoms with Crippen LogP contribution in [0.1, 0.15) is 40.0 Å². The SMILES string of the molecule is Cc1cc(-c2nc3sc4c(n3c2C=O)CCC(C)C4)ccc1Cl. The molecule has 1 aromatic carbocycles. The number of carbonyl (C=O) groups excluding carboxylic acids is 1. The van der Waals surface area contributed by atoms with Crippen molar-refractivity contribution >= 4 is 34.2 Å². The molecule has 0 amide bonds. The van der Waals surface area contributed by atoms with E-state index in [1.165, 1.54) is 17.0 Å². The van der Waals surface area contributed by atoms with Gasteiger partial charge in [-0.05, 0) is 49.8 Å². The number of thiazole rings is 1. The minimum absolute atomic E-state index is 0.661. The maximum Gasteiger partial charge on any atom is 0.195 e. The van der Waals surface area contributed by atoms with Crippen LogP contribution in [-0.2, 0) is 12.8 Å². The van der Waals surface area contributed by atoms with Gasteiger partial charge in [-0.2, -0.15) is 0 Å². The predicted octanol–water partition coefficient (Wildman–Crippen LogP) is 4.96. The van der Waals surface area contributed by atoms with Gasteiger partial charge >= 0.3 is 0 Å². The van der Waals surface area contributed by atoms with Crippen LogP contribution < -0.4 is 0 Å². The van der Waals surface area contributed by atoms with Gasteiger partial charge in [0.05, 0.1) is 0 Å². The number of nitrogens with zero attached hydrogens (tertiary/aromatic N) is 2. The zero-order chi connectivity index (χ0) is 16.1. The molecule has 0 saturated carbocycles. The van der Waals surface area contributed by atoms with E-state index >= 15 is 0 Å². The summed E-state index contributed by atoms with van der Waals surface area (Å²) < 4.78 is 2.07. The Bertz CT molecular complexity index is 925. The number of halogens is 1. The van der Waals surface area contributed by atoms with Gasteiger partial charge in [-0.1, -0.05) is 24.6 Å². The summed E-state index contributed by atoms with van der Waals surface area (Å²) in [6, 6.07) is 5.80. The second-order valence-electron chi connectivity index (χ2n) is 6.37. The lowest BCUT2D eigenvalue weighted by Gasteiger charge is -2.17. The lowest BCUT2D eigenvalue weighted by Crippen LogP contribution is -2.11. The van der Waals surface area contributed by atoms with Crippen LogP contribution in [0, 0.1) is 12.8 Å². The van der Waals surface area contributed by atoms with Crippen molar-refractivity contribution in [2.45, 2.75) is 33.1 Å². The third-order valence-corrected chi connectivity index (χ3v) is 6.17. The van der Waals surface area contributed by atoms with Gasteiger partial charge in [0.25, 0.3) is 0 Å². The van der Waals surface area contributed by atoms with E-state index in [-0.39, 0.29) is 0 Å². The molecule has 23 heavy (non-hydrogen) atoms. The Morgan fingerprint density at radius 2 is 2.26 bits per heavy atom. The first-order chi connectivity index (χ1) is 11.1. The molecule has 5 heteroatoms. The van der Waals surface area contributed by atoms with Crippen LogP contribution in [0.4, 0.5) is 0 Å². The van der Waals surface area contributed by atoms with E-state index in [9.17, 15) is 4.79 Å². The number of aromatic nitrogens is 2. The number of fused-ring (bicyclic) bond motifs is 3. The van der Waals surface area contributed by atoms with Gasteiger partial charge in [0.15, 0.2) is 11.2 Å². The molecule has 0 spiro atoms. The Hall–Kier alpha value is -1.65. The zero-order valence-electron chi connectivity index (χ0n) is 13.1. The number of imidazole rings is 1. The Morgan fingerprint density at radius 1 is 1.43 bits per heavy atom. The maximum absolute atomic E-state index is 11.8. The summed E-state index contributed by atoms with van der Waals surface area (Å²) in [4.78, 5) is 18.9. The topological polar surface area (TPSA) is 34.4 Å². The first-order valence-corrected chi connectivity index (χ1v) is 9.02. The number of benzene rings is 1. The molecule has 4 rings (SSSR count). The van der Waals surface area contributed by atoms with Gasteiger partial charge in [-0.15, -0.1) is 11.3 Å². The highest BCUT2D eigenvalue weighted by molar-refractivity contribution is 7.17. The van der Waals surface area contributed by atoms with Gasteiger partial charge in [-0.3, -0.25) is 9.20 Å². The molecular formula is C18H17ClN2OS. The van der Waals surface area contributed by atoms with E-state index in [0.29, 0.717) is 11.6 Å². The molecule has 0 radical (unpaired) electrons. The average molecular weight is 345 g/mol. The molecule has 0 bridgehead atoms. The molecular weight excluding hydrogens is 328 g/mol. The molecule has 1 unspecified atom stereocenters. The molecule has 2 heterocycles. The molecule has 1 aliphatic rings. The molecule has 1 atom stereocenters. The van der Waals surface area contributed by atoms with Crippen molar-refractivity contribution in [1.29, 1.82) is 0 Å². The second-order valence-corrected chi connectivity index (χ2v) is 7.83. The van der Waals surface area contributed by atoms with Crippen molar-refractivity contribution in [3.63, 3.8) is 0 Å². The van der Waals surface area contributed by atoms with E-state index < -0.39 is 0 Å². The van der Waals surface area contributed by atoms with E-state index in [2.05, 4.69) is 11.3 Å². The highest BCUT2D eigenvalue weighted by atomic mass is 35.5. The standard InChI is InChI=1S/C18H17ClN2OS/c1-10-3-6-14-16(7-10)23-18-20-17(15(9-22)21(14)18)12-4-5-13(19)11(2)8-12/h4-5,8-10H,3,6-7H2,1-2H3. The summed E-state index contributed by atoms with van der Waals surface area (Å²) in [5.41, 5.74) is 4.63. The summed E-state index contributed by atoms with van der Waals surface area (Å²) >= 11 is 7.84. The first-order valence-electron chi connectivity index (χ1n) is 7.83. The van der Waals surface area contributed by atoms with E-state index in [4.69, 9.17) is 16.6 Å². The van der Waals surface area contributed by atoms with Crippen LogP contribution in [0.5, 0.6) is 0 Å². The Labute approximate surface area is 143 Å². The first kappa shape index (κ1) is 14.9. The Morgan fingerprint density at radius 3 is 3.00 bits per heavy atom. The third kappa shape index (κ3) is 2.32. The highest BCUT2D eigenvalue weighted by Gasteiger charge is 2.25. The molecule has 1 aliphatic carbocycles. The van der Waals surface area contributed by atoms with Gasteiger partial charge in [0, 0.05) is 21.2 Å². The monoisotopic (exact) mass is 344 g/mol. The van der Waals surface area contributed by atoms with E-state index in [0.717, 1.165) is 45.9 Å². The fourth-order valence-corrected chi connectivity index (χ4v) is 4.81. The molecule has 0 N–H and O–H groups in total. The smallest absolute Gasteiger partial charge is 0.195 e. The van der Waals surface area contributed by atoms with Crippen molar-refractivity contribution in [1.82, 2.24) is 9.38 Å². The molecule has 3 nitrogen and oxygen atoms in total. The summed E-state index contributed by atoms with van der Waals surface area (Å²) in [6.45, 7) is 4.25. The van der Waals surface area contributed by atoms with Crippen molar-refractivity contribution in [3.8, 4) is 11.3 Å². The number of hydrogen-bond acceptors (Lipinski definition) is 3. The highest BCUT2D eigenvalue weighted by Crippen LogP contribution is 2.36. The van der Waals surface area contributed by atoms with Gasteiger partial charge in [0.1, 0.15) is 11.4 Å². The minimum Gasteiger partial charge on any atom is -0.296 e. The predicted molar refractivity (Wildman–Crippen MR) is 94.8 cm³/mol. The zero-order valence-corrected chi connectivity index (χ0v) is 14.7. The molecule has 0 aliphatic heterocycles. The molecule has 0 fully saturated rings. The van der Waals surface area contributed by atoms with Gasteiger partial charge in [-0.25, -0.2) is 4.98 Å². The number of rotatable bonds is 2. The Kier molecular flexibility index (Phi) is 3.54. The average Bonchev–Trinajstić information content (AvgIpc) is 3.04. The molecule has 3 aromatic rings. The number of hydrogen-bond donors (Lipinski definition) is 0. The Balaban J connectivity index is 1.93. The summed E-state index contributed by atoms with van der Waals surface area (Å²) in [5, 5.41) is 0.730. The third-order valence-electron chi connectivity index (χ3n) is 4.64. The van der Waals surface area contributed by atoms with Crippen molar-refractivity contribution in [3.05, 3.63) is 45.1 Å². The van der Waals surface area contributed by atoms with Crippen molar-refractivity contribution in [2.75, 3.05) is 0 Å². The summed E-state index contributed by atoms with van der Waals surface area (Å²) in [5.74, 6) is 0.712. The molecule has 118 valence electrons. The lowest BCUT2D eigenvalue weighted by molar-refractivity contribution is 0.111. The summed E-state index contributed by atoms with van der Waals surface area (Å²) in [6.07, 6.45) is 4.22. The van der Waals surface area contributed by atoms with Crippen molar-refractivity contribution < 1.29 is 4.79 Å². The second kappa shape index (κ2) is 5.46. The minimum atomic E-state index is 0.661. The van der Waals surface area contributed by atoms with Crippen LogP contribution in [0.15, 0.2) is 18.2 Å². The van der Waals surface area contributed by atoms with Crippen LogP contribution >= 0.6 is 22.9 Å². The normalized spacial score (nSPS) is 17.4. The lowest BCUT2D eigenvalue weighted by atomic mass is 9.93. The van der Waals surface area contributed by atoms with Crippen LogP contribution in [0.25, 0.3) is 16.2 Å². The van der Waals surface area contributed by atoms with Crippen LogP contribution in [-0.4, -0.2) is 15.7 Å². The van der Waals surface area contributed by atoms with E-state index in [1.807, 2.05) is 25.1 Å². The molecule has 2 aromatic heterocycles. The number of aryl methyl sites for hydroxylation is 2. The van der Waals surface area contributed by atoms with Crippen molar-refractivity contribution in [2.24, 2.45) is 5.92 Å². The van der Waals surface area contributed by atoms with Gasteiger partial charge < -0.3 is 0 Å². The van der Waals surface area contributed by atoms with Crippen LogP contribution in [0.2, 0.25) is 5.02 Å². The van der Waals surface area contributed by atoms with Gasteiger partial charge in [0.2, 0.25) is 0 Å². The number of aldehydes is 1. The fraction of sp³-hybridized carbons (Fsp3) is 0.333. The quantitative estimate of drug-likeness (QED) is 0.615. The molecule has 0 saturated heterocycles. The van der Waals surface area contributed by atoms with E-state index in [1.54, 1.807) is 11.3 Å². The summed E-state index contributed by atoms with van der Waals surface area (Å²) in [7, 11) is 0. The number of carbonyl (C=O) groups is 1. The fourth-order valence-electron chi connectivity index (χ4n) is 3.36.